The van der Waals surface area contributed by atoms with Crippen molar-refractivity contribution in [2.45, 2.75) is 32.4 Å². The molecule has 2 aromatic rings. The van der Waals surface area contributed by atoms with Crippen LogP contribution in [0.3, 0.4) is 0 Å². The predicted octanol–water partition coefficient (Wildman–Crippen LogP) is 2.52. The van der Waals surface area contributed by atoms with Gasteiger partial charge < -0.3 is 19.7 Å². The van der Waals surface area contributed by atoms with Crippen molar-refractivity contribution in [1.82, 2.24) is 5.32 Å². The van der Waals surface area contributed by atoms with E-state index in [4.69, 9.17) is 4.42 Å². The summed E-state index contributed by atoms with van der Waals surface area (Å²) in [5.41, 5.74) is 2.27. The number of allylic oxidation sites excluding steroid dienone is 1. The van der Waals surface area contributed by atoms with E-state index in [0.29, 0.717) is 12.0 Å². The van der Waals surface area contributed by atoms with Gasteiger partial charge >= 0.3 is 5.97 Å². The minimum absolute atomic E-state index is 0.0129. The van der Waals surface area contributed by atoms with Crippen LogP contribution in [0, 0.1) is 0 Å². The van der Waals surface area contributed by atoms with E-state index in [1.165, 1.54) is 6.26 Å². The van der Waals surface area contributed by atoms with Crippen LogP contribution in [-0.4, -0.2) is 28.9 Å². The van der Waals surface area contributed by atoms with Crippen molar-refractivity contribution in [3.8, 4) is 0 Å². The van der Waals surface area contributed by atoms with Crippen LogP contribution in [0.2, 0.25) is 0 Å². The van der Waals surface area contributed by atoms with E-state index in [-0.39, 0.29) is 24.6 Å². The molecule has 0 aliphatic carbocycles. The molecule has 0 radical (unpaired) electrons. The third kappa shape index (κ3) is 3.92. The summed E-state index contributed by atoms with van der Waals surface area (Å²) in [6, 6.07) is 8.05. The number of furan rings is 1. The number of nitrogens with zero attached hydrogens (tertiary/aromatic N) is 1. The van der Waals surface area contributed by atoms with Crippen LogP contribution in [0.25, 0.3) is 0 Å². The van der Waals surface area contributed by atoms with Crippen LogP contribution in [0.1, 0.15) is 35.0 Å². The molecule has 0 spiro atoms. The number of fused-ring (bicyclic) bond motifs is 1. The maximum Gasteiger partial charge on any atom is 0.326 e. The zero-order valence-corrected chi connectivity index (χ0v) is 14.8. The van der Waals surface area contributed by atoms with Crippen LogP contribution in [0.4, 0.5) is 5.69 Å². The minimum Gasteiger partial charge on any atom is -0.480 e. The molecule has 1 atom stereocenters. The van der Waals surface area contributed by atoms with Gasteiger partial charge in [-0.05, 0) is 31.0 Å². The number of hydrogen-bond donors (Lipinski definition) is 2. The molecule has 7 heteroatoms. The predicted molar refractivity (Wildman–Crippen MR) is 98.4 cm³/mol. The molecule has 1 unspecified atom stereocenters. The first-order chi connectivity index (χ1) is 13.0. The summed E-state index contributed by atoms with van der Waals surface area (Å²) in [6.45, 7) is 1.96. The Kier molecular flexibility index (Phi) is 5.40. The summed E-state index contributed by atoms with van der Waals surface area (Å²) in [5, 5.41) is 11.7. The van der Waals surface area contributed by atoms with Crippen molar-refractivity contribution in [2.24, 2.45) is 0 Å². The van der Waals surface area contributed by atoms with E-state index in [0.717, 1.165) is 11.3 Å². The highest BCUT2D eigenvalue weighted by Gasteiger charge is 2.29. The molecule has 0 saturated heterocycles. The number of anilines is 1. The second-order valence-corrected chi connectivity index (χ2v) is 6.23. The number of carboxylic acids is 1. The smallest absolute Gasteiger partial charge is 0.326 e. The Morgan fingerprint density at radius 3 is 2.85 bits per heavy atom. The largest absolute Gasteiger partial charge is 0.480 e. The summed E-state index contributed by atoms with van der Waals surface area (Å²) in [7, 11) is 0. The van der Waals surface area contributed by atoms with E-state index in [1.54, 1.807) is 30.0 Å². The van der Waals surface area contributed by atoms with E-state index < -0.39 is 17.9 Å². The van der Waals surface area contributed by atoms with E-state index in [1.807, 2.05) is 24.3 Å². The SMILES string of the molecule is C/C=C/CC(NC(=O)c1occc1CN1C(=O)Cc2ccccc21)C(=O)O. The van der Waals surface area contributed by atoms with Gasteiger partial charge in [-0.1, -0.05) is 30.4 Å². The van der Waals surface area contributed by atoms with Gasteiger partial charge in [-0.15, -0.1) is 0 Å². The first-order valence-electron chi connectivity index (χ1n) is 8.60. The minimum atomic E-state index is -1.13. The molecule has 2 heterocycles. The number of amides is 2. The van der Waals surface area contributed by atoms with Crippen molar-refractivity contribution in [3.63, 3.8) is 0 Å². The molecule has 27 heavy (non-hydrogen) atoms. The Hall–Kier alpha value is -3.35. The fourth-order valence-corrected chi connectivity index (χ4v) is 3.04. The van der Waals surface area contributed by atoms with E-state index in [9.17, 15) is 19.5 Å². The van der Waals surface area contributed by atoms with Gasteiger partial charge in [0.2, 0.25) is 5.91 Å². The molecule has 0 saturated carbocycles. The average molecular weight is 368 g/mol. The molecule has 1 aliphatic heterocycles. The quantitative estimate of drug-likeness (QED) is 0.732. The van der Waals surface area contributed by atoms with Gasteiger partial charge in [-0.25, -0.2) is 4.79 Å². The summed E-state index contributed by atoms with van der Waals surface area (Å²) < 4.78 is 5.28. The van der Waals surface area contributed by atoms with Gasteiger partial charge in [-0.3, -0.25) is 9.59 Å². The zero-order valence-electron chi connectivity index (χ0n) is 14.8. The lowest BCUT2D eigenvalue weighted by Crippen LogP contribution is -2.40. The highest BCUT2D eigenvalue weighted by atomic mass is 16.4. The summed E-state index contributed by atoms with van der Waals surface area (Å²) in [6.07, 6.45) is 5.24. The van der Waals surface area contributed by atoms with Gasteiger partial charge in [0.05, 0.1) is 19.2 Å². The standard InChI is InChI=1S/C20H20N2O5/c1-2-3-7-15(20(25)26)21-19(24)18-14(9-10-27-18)12-22-16-8-5-4-6-13(16)11-17(22)23/h2-6,8-10,15H,7,11-12H2,1H3,(H,21,24)(H,25,26)/b3-2+. The molecule has 3 rings (SSSR count). The maximum atomic E-state index is 12.5. The molecular weight excluding hydrogens is 348 g/mol. The second-order valence-electron chi connectivity index (χ2n) is 6.23. The number of carboxylic acid groups (broad SMARTS) is 1. The fourth-order valence-electron chi connectivity index (χ4n) is 3.04. The second kappa shape index (κ2) is 7.90. The van der Waals surface area contributed by atoms with Crippen molar-refractivity contribution in [3.05, 3.63) is 65.6 Å². The topological polar surface area (TPSA) is 99.9 Å². The highest BCUT2D eigenvalue weighted by molar-refractivity contribution is 6.02. The number of rotatable bonds is 7. The average Bonchev–Trinajstić information content (AvgIpc) is 3.23. The van der Waals surface area contributed by atoms with Gasteiger partial charge in [0, 0.05) is 11.3 Å². The molecule has 2 amide bonds. The first-order valence-corrected chi connectivity index (χ1v) is 8.60. The Labute approximate surface area is 156 Å². The Balaban J connectivity index is 1.77. The van der Waals surface area contributed by atoms with Gasteiger partial charge in [0.1, 0.15) is 6.04 Å². The number of hydrogen-bond acceptors (Lipinski definition) is 4. The zero-order chi connectivity index (χ0) is 19.4. The Bertz CT molecular complexity index is 899. The van der Waals surface area contributed by atoms with Crippen molar-refractivity contribution < 1.29 is 23.9 Å². The molecule has 2 N–H and O–H groups in total. The van der Waals surface area contributed by atoms with Crippen molar-refractivity contribution in [1.29, 1.82) is 0 Å². The summed E-state index contributed by atoms with van der Waals surface area (Å²) in [5.74, 6) is -1.79. The van der Waals surface area contributed by atoms with Crippen LogP contribution >= 0.6 is 0 Å². The third-order valence-electron chi connectivity index (χ3n) is 4.42. The number of benzene rings is 1. The maximum absolute atomic E-state index is 12.5. The molecular formula is C20H20N2O5. The number of carbonyl (C=O) groups excluding carboxylic acids is 2. The lowest BCUT2D eigenvalue weighted by atomic mass is 10.1. The van der Waals surface area contributed by atoms with E-state index in [2.05, 4.69) is 5.32 Å². The lowest BCUT2D eigenvalue weighted by Gasteiger charge is -2.18. The van der Waals surface area contributed by atoms with Gasteiger partial charge in [-0.2, -0.15) is 0 Å². The molecule has 1 aliphatic rings. The highest BCUT2D eigenvalue weighted by Crippen LogP contribution is 2.30. The van der Waals surface area contributed by atoms with Crippen LogP contribution in [0.5, 0.6) is 0 Å². The fraction of sp³-hybridized carbons (Fsp3) is 0.250. The van der Waals surface area contributed by atoms with Crippen LogP contribution in [-0.2, 0) is 22.6 Å². The Morgan fingerprint density at radius 2 is 2.11 bits per heavy atom. The van der Waals surface area contributed by atoms with Crippen molar-refractivity contribution >= 4 is 23.5 Å². The number of aliphatic carboxylic acids is 1. The molecule has 1 aromatic carbocycles. The normalized spacial score (nSPS) is 14.4. The molecule has 1 aromatic heterocycles. The summed E-state index contributed by atoms with van der Waals surface area (Å²) >= 11 is 0. The van der Waals surface area contributed by atoms with Gasteiger partial charge in [0.25, 0.3) is 5.91 Å². The van der Waals surface area contributed by atoms with Gasteiger partial charge in [0.15, 0.2) is 5.76 Å². The van der Waals surface area contributed by atoms with Crippen LogP contribution in [0.15, 0.2) is 53.2 Å². The van der Waals surface area contributed by atoms with Crippen LogP contribution < -0.4 is 10.2 Å². The number of carbonyl (C=O) groups is 3. The molecule has 7 nitrogen and oxygen atoms in total. The van der Waals surface area contributed by atoms with E-state index >= 15 is 0 Å². The lowest BCUT2D eigenvalue weighted by molar-refractivity contribution is -0.139. The van der Waals surface area contributed by atoms with Crippen molar-refractivity contribution in [2.75, 3.05) is 4.90 Å². The number of nitrogens with one attached hydrogen (secondary N) is 1. The monoisotopic (exact) mass is 368 g/mol. The first kappa shape index (κ1) is 18.4. The third-order valence-corrected chi connectivity index (χ3v) is 4.42. The Morgan fingerprint density at radius 1 is 1.33 bits per heavy atom. The molecule has 0 bridgehead atoms. The number of para-hydroxylation sites is 1. The molecule has 140 valence electrons. The summed E-state index contributed by atoms with van der Waals surface area (Å²) in [4.78, 5) is 37.8. The molecule has 0 fully saturated rings.